The van der Waals surface area contributed by atoms with E-state index in [0.717, 1.165) is 12.1 Å². The third-order valence-electron chi connectivity index (χ3n) is 2.81. The number of amides is 1. The number of rotatable bonds is 6. The largest absolute Gasteiger partial charge is 0.370 e. The van der Waals surface area contributed by atoms with Crippen LogP contribution in [-0.2, 0) is 6.54 Å². The van der Waals surface area contributed by atoms with Crippen molar-refractivity contribution in [3.63, 3.8) is 0 Å². The number of anilines is 1. The highest BCUT2D eigenvalue weighted by molar-refractivity contribution is 6.33. The molecule has 0 unspecified atom stereocenters. The Morgan fingerprint density at radius 1 is 1.43 bits per heavy atom. The molecular formula is C14H18ClN5O. The van der Waals surface area contributed by atoms with Crippen LogP contribution in [0.15, 0.2) is 24.5 Å². The highest BCUT2D eigenvalue weighted by atomic mass is 35.5. The van der Waals surface area contributed by atoms with Gasteiger partial charge in [-0.3, -0.25) is 9.48 Å². The highest BCUT2D eigenvalue weighted by Crippen LogP contribution is 2.16. The molecule has 0 saturated heterocycles. The van der Waals surface area contributed by atoms with Crippen LogP contribution in [0.25, 0.3) is 0 Å². The Labute approximate surface area is 128 Å². The number of pyridine rings is 1. The molecular weight excluding hydrogens is 290 g/mol. The summed E-state index contributed by atoms with van der Waals surface area (Å²) in [6.07, 6.45) is 3.70. The molecule has 2 aromatic heterocycles. The number of hydrogen-bond acceptors (Lipinski definition) is 4. The SMILES string of the molecule is CCNc1ccc(Cl)c(C(=O)NCCn2cc(C)cn2)n1. The summed E-state index contributed by atoms with van der Waals surface area (Å²) in [7, 11) is 0. The van der Waals surface area contributed by atoms with Gasteiger partial charge in [0.1, 0.15) is 11.5 Å². The topological polar surface area (TPSA) is 71.8 Å². The minimum atomic E-state index is -0.288. The van der Waals surface area contributed by atoms with E-state index >= 15 is 0 Å². The Morgan fingerprint density at radius 2 is 2.24 bits per heavy atom. The van der Waals surface area contributed by atoms with Crippen LogP contribution in [0, 0.1) is 6.92 Å². The van der Waals surface area contributed by atoms with Crippen LogP contribution in [0.5, 0.6) is 0 Å². The van der Waals surface area contributed by atoms with E-state index in [1.54, 1.807) is 23.0 Å². The van der Waals surface area contributed by atoms with E-state index < -0.39 is 0 Å². The van der Waals surface area contributed by atoms with Crippen LogP contribution in [-0.4, -0.2) is 33.8 Å². The van der Waals surface area contributed by atoms with E-state index in [0.29, 0.717) is 23.9 Å². The fourth-order valence-electron chi connectivity index (χ4n) is 1.84. The highest BCUT2D eigenvalue weighted by Gasteiger charge is 2.12. The summed E-state index contributed by atoms with van der Waals surface area (Å²) in [4.78, 5) is 16.3. The molecule has 2 rings (SSSR count). The Hall–Kier alpha value is -2.08. The summed E-state index contributed by atoms with van der Waals surface area (Å²) < 4.78 is 1.78. The van der Waals surface area contributed by atoms with Crippen molar-refractivity contribution in [3.05, 3.63) is 40.8 Å². The molecule has 1 amide bonds. The van der Waals surface area contributed by atoms with Crippen molar-refractivity contribution in [2.24, 2.45) is 0 Å². The van der Waals surface area contributed by atoms with Gasteiger partial charge in [-0.15, -0.1) is 0 Å². The minimum absolute atomic E-state index is 0.228. The van der Waals surface area contributed by atoms with Crippen molar-refractivity contribution in [2.75, 3.05) is 18.4 Å². The molecule has 2 N–H and O–H groups in total. The van der Waals surface area contributed by atoms with E-state index in [4.69, 9.17) is 11.6 Å². The van der Waals surface area contributed by atoms with E-state index in [1.165, 1.54) is 0 Å². The molecule has 112 valence electrons. The molecule has 0 bridgehead atoms. The molecule has 6 nitrogen and oxygen atoms in total. The van der Waals surface area contributed by atoms with Gasteiger partial charge in [-0.05, 0) is 31.5 Å². The summed E-state index contributed by atoms with van der Waals surface area (Å²) in [5.74, 6) is 0.346. The summed E-state index contributed by atoms with van der Waals surface area (Å²) in [5.41, 5.74) is 1.32. The van der Waals surface area contributed by atoms with E-state index in [2.05, 4.69) is 20.7 Å². The number of aromatic nitrogens is 3. The van der Waals surface area contributed by atoms with E-state index in [-0.39, 0.29) is 11.6 Å². The number of carbonyl (C=O) groups excluding carboxylic acids is 1. The summed E-state index contributed by atoms with van der Waals surface area (Å²) in [5, 5.41) is 10.3. The number of nitrogens with zero attached hydrogens (tertiary/aromatic N) is 3. The van der Waals surface area contributed by atoms with Crippen LogP contribution in [0.2, 0.25) is 5.02 Å². The summed E-state index contributed by atoms with van der Waals surface area (Å²) >= 11 is 6.02. The Morgan fingerprint density at radius 3 is 2.90 bits per heavy atom. The maximum absolute atomic E-state index is 12.1. The first kappa shape index (κ1) is 15.3. The average Bonchev–Trinajstić information content (AvgIpc) is 2.87. The molecule has 0 atom stereocenters. The predicted octanol–water partition coefficient (Wildman–Crippen LogP) is 2.10. The van der Waals surface area contributed by atoms with Crippen molar-refractivity contribution in [3.8, 4) is 0 Å². The standard InChI is InChI=1S/C14H18ClN5O/c1-3-16-12-5-4-11(15)13(19-12)14(21)17-6-7-20-9-10(2)8-18-20/h4-5,8-9H,3,6-7H2,1-2H3,(H,16,19)(H,17,21). The number of carbonyl (C=O) groups is 1. The fraction of sp³-hybridized carbons (Fsp3) is 0.357. The van der Waals surface area contributed by atoms with Gasteiger partial charge in [-0.25, -0.2) is 4.98 Å². The second-order valence-electron chi connectivity index (χ2n) is 4.59. The lowest BCUT2D eigenvalue weighted by Crippen LogP contribution is -2.28. The van der Waals surface area contributed by atoms with Crippen LogP contribution in [0.1, 0.15) is 23.0 Å². The molecule has 0 aliphatic carbocycles. The lowest BCUT2D eigenvalue weighted by Gasteiger charge is -2.08. The van der Waals surface area contributed by atoms with Gasteiger partial charge in [0, 0.05) is 19.3 Å². The second kappa shape index (κ2) is 7.08. The van der Waals surface area contributed by atoms with Crippen molar-refractivity contribution in [1.82, 2.24) is 20.1 Å². The summed E-state index contributed by atoms with van der Waals surface area (Å²) in [6.45, 7) is 5.72. The predicted molar refractivity (Wildman–Crippen MR) is 82.7 cm³/mol. The minimum Gasteiger partial charge on any atom is -0.370 e. The molecule has 0 saturated carbocycles. The lowest BCUT2D eigenvalue weighted by molar-refractivity contribution is 0.0947. The number of hydrogen-bond donors (Lipinski definition) is 2. The molecule has 0 aliphatic heterocycles. The first-order chi connectivity index (χ1) is 10.1. The molecule has 2 heterocycles. The zero-order valence-corrected chi connectivity index (χ0v) is 12.8. The maximum atomic E-state index is 12.1. The average molecular weight is 308 g/mol. The number of nitrogens with one attached hydrogen (secondary N) is 2. The third-order valence-corrected chi connectivity index (χ3v) is 3.11. The zero-order chi connectivity index (χ0) is 15.2. The van der Waals surface area contributed by atoms with Crippen LogP contribution in [0.4, 0.5) is 5.82 Å². The monoisotopic (exact) mass is 307 g/mol. The van der Waals surface area contributed by atoms with Crippen molar-refractivity contribution in [2.45, 2.75) is 20.4 Å². The molecule has 2 aromatic rings. The van der Waals surface area contributed by atoms with Crippen molar-refractivity contribution >= 4 is 23.3 Å². The molecule has 7 heteroatoms. The molecule has 0 spiro atoms. The fourth-order valence-corrected chi connectivity index (χ4v) is 2.03. The van der Waals surface area contributed by atoms with Crippen molar-refractivity contribution in [1.29, 1.82) is 0 Å². The Balaban J connectivity index is 1.94. The van der Waals surface area contributed by atoms with Gasteiger partial charge in [0.25, 0.3) is 5.91 Å². The maximum Gasteiger partial charge on any atom is 0.271 e. The third kappa shape index (κ3) is 4.19. The normalized spacial score (nSPS) is 10.4. The van der Waals surface area contributed by atoms with Gasteiger partial charge >= 0.3 is 0 Å². The molecule has 0 aromatic carbocycles. The van der Waals surface area contributed by atoms with Crippen molar-refractivity contribution < 1.29 is 4.79 Å². The van der Waals surface area contributed by atoms with E-state index in [1.807, 2.05) is 20.0 Å². The molecule has 0 radical (unpaired) electrons. The van der Waals surface area contributed by atoms with Gasteiger partial charge in [0.15, 0.2) is 0 Å². The summed E-state index contributed by atoms with van der Waals surface area (Å²) in [6, 6.07) is 3.41. The quantitative estimate of drug-likeness (QED) is 0.857. The number of halogens is 1. The molecule has 0 fully saturated rings. The molecule has 21 heavy (non-hydrogen) atoms. The van der Waals surface area contributed by atoms with E-state index in [9.17, 15) is 4.79 Å². The Kier molecular flexibility index (Phi) is 5.16. The van der Waals surface area contributed by atoms with Crippen LogP contribution < -0.4 is 10.6 Å². The zero-order valence-electron chi connectivity index (χ0n) is 12.1. The number of aryl methyl sites for hydroxylation is 1. The van der Waals surface area contributed by atoms with Gasteiger partial charge in [-0.2, -0.15) is 5.10 Å². The van der Waals surface area contributed by atoms with Gasteiger partial charge < -0.3 is 10.6 Å². The first-order valence-electron chi connectivity index (χ1n) is 6.78. The Bertz CT molecular complexity index is 626. The van der Waals surface area contributed by atoms with Gasteiger partial charge in [0.2, 0.25) is 0 Å². The van der Waals surface area contributed by atoms with Gasteiger partial charge in [0.05, 0.1) is 17.8 Å². The van der Waals surface area contributed by atoms with Crippen LogP contribution >= 0.6 is 11.6 Å². The first-order valence-corrected chi connectivity index (χ1v) is 7.15. The van der Waals surface area contributed by atoms with Gasteiger partial charge in [-0.1, -0.05) is 11.6 Å². The second-order valence-corrected chi connectivity index (χ2v) is 5.00. The smallest absolute Gasteiger partial charge is 0.271 e. The lowest BCUT2D eigenvalue weighted by atomic mass is 10.3. The van der Waals surface area contributed by atoms with Crippen LogP contribution in [0.3, 0.4) is 0 Å². The molecule has 0 aliphatic rings.